The van der Waals surface area contributed by atoms with Gasteiger partial charge < -0.3 is 10.6 Å². The summed E-state index contributed by atoms with van der Waals surface area (Å²) in [6, 6.07) is 7.74. The molecular formula is C15H24N2O. The first kappa shape index (κ1) is 14.6. The minimum Gasteiger partial charge on any atom is -0.399 e. The van der Waals surface area contributed by atoms with Crippen molar-refractivity contribution in [3.8, 4) is 0 Å². The lowest BCUT2D eigenvalue weighted by molar-refractivity contribution is -0.135. The molecule has 0 aliphatic carbocycles. The molecule has 0 aliphatic heterocycles. The van der Waals surface area contributed by atoms with Crippen LogP contribution < -0.4 is 5.73 Å². The number of carbonyl (C=O) groups excluding carboxylic acids is 1. The van der Waals surface area contributed by atoms with Crippen LogP contribution in [0.5, 0.6) is 0 Å². The van der Waals surface area contributed by atoms with Crippen LogP contribution in [0.4, 0.5) is 5.69 Å². The maximum Gasteiger partial charge on any atom is 0.225 e. The first-order valence-corrected chi connectivity index (χ1v) is 6.71. The highest BCUT2D eigenvalue weighted by molar-refractivity contribution is 5.78. The zero-order valence-electron chi connectivity index (χ0n) is 11.6. The molecular weight excluding hydrogens is 224 g/mol. The lowest BCUT2D eigenvalue weighted by atomic mass is 10.1. The van der Waals surface area contributed by atoms with Gasteiger partial charge in [-0.25, -0.2) is 0 Å². The molecule has 2 N–H and O–H groups in total. The van der Waals surface area contributed by atoms with Gasteiger partial charge in [0.25, 0.3) is 0 Å². The number of carbonyl (C=O) groups is 1. The third-order valence-corrected chi connectivity index (χ3v) is 3.19. The number of nitrogens with two attached hydrogens (primary N) is 1. The first-order valence-electron chi connectivity index (χ1n) is 6.71. The summed E-state index contributed by atoms with van der Waals surface area (Å²) in [4.78, 5) is 14.2. The van der Waals surface area contributed by atoms with Crippen molar-refractivity contribution in [2.24, 2.45) is 5.92 Å². The second-order valence-electron chi connectivity index (χ2n) is 4.81. The average Bonchev–Trinajstić information content (AvgIpc) is 2.39. The van der Waals surface area contributed by atoms with Crippen LogP contribution >= 0.6 is 0 Å². The summed E-state index contributed by atoms with van der Waals surface area (Å²) in [6.45, 7) is 7.63. The number of amides is 1. The normalized spacial score (nSPS) is 12.2. The van der Waals surface area contributed by atoms with Gasteiger partial charge in [-0.3, -0.25) is 4.79 Å². The van der Waals surface area contributed by atoms with Crippen LogP contribution in [0, 0.1) is 5.92 Å². The highest BCUT2D eigenvalue weighted by atomic mass is 16.2. The number of nitrogens with zero attached hydrogens (tertiary/aromatic N) is 1. The van der Waals surface area contributed by atoms with E-state index in [-0.39, 0.29) is 11.8 Å². The van der Waals surface area contributed by atoms with Crippen LogP contribution in [0.3, 0.4) is 0 Å². The Kier molecular flexibility index (Phi) is 5.69. The van der Waals surface area contributed by atoms with Gasteiger partial charge in [-0.2, -0.15) is 0 Å². The monoisotopic (exact) mass is 248 g/mol. The molecule has 0 saturated heterocycles. The molecule has 3 heteroatoms. The second-order valence-corrected chi connectivity index (χ2v) is 4.81. The third kappa shape index (κ3) is 4.06. The van der Waals surface area contributed by atoms with Crippen molar-refractivity contribution < 1.29 is 4.79 Å². The van der Waals surface area contributed by atoms with E-state index in [1.807, 2.05) is 36.1 Å². The van der Waals surface area contributed by atoms with Crippen LogP contribution in [-0.4, -0.2) is 17.4 Å². The molecule has 0 saturated carbocycles. The first-order chi connectivity index (χ1) is 8.58. The summed E-state index contributed by atoms with van der Waals surface area (Å²) < 4.78 is 0. The van der Waals surface area contributed by atoms with E-state index in [1.165, 1.54) is 0 Å². The van der Waals surface area contributed by atoms with Crippen molar-refractivity contribution in [3.63, 3.8) is 0 Å². The van der Waals surface area contributed by atoms with Crippen molar-refractivity contribution in [2.75, 3.05) is 12.3 Å². The summed E-state index contributed by atoms with van der Waals surface area (Å²) in [5.41, 5.74) is 7.56. The highest BCUT2D eigenvalue weighted by Gasteiger charge is 2.18. The van der Waals surface area contributed by atoms with E-state index in [2.05, 4.69) is 13.8 Å². The number of benzene rings is 1. The van der Waals surface area contributed by atoms with E-state index >= 15 is 0 Å². The zero-order valence-corrected chi connectivity index (χ0v) is 11.6. The van der Waals surface area contributed by atoms with Crippen molar-refractivity contribution in [3.05, 3.63) is 29.8 Å². The van der Waals surface area contributed by atoms with Crippen molar-refractivity contribution in [2.45, 2.75) is 40.2 Å². The van der Waals surface area contributed by atoms with Crippen LogP contribution in [-0.2, 0) is 11.3 Å². The van der Waals surface area contributed by atoms with E-state index in [9.17, 15) is 4.79 Å². The number of hydrogen-bond acceptors (Lipinski definition) is 2. The van der Waals surface area contributed by atoms with Crippen LogP contribution in [0.15, 0.2) is 24.3 Å². The average molecular weight is 248 g/mol. The van der Waals surface area contributed by atoms with Gasteiger partial charge in [0.15, 0.2) is 0 Å². The SMILES string of the molecule is CCCN(Cc1ccc(N)cc1)C(=O)C(C)CC. The molecule has 1 rings (SSSR count). The lowest BCUT2D eigenvalue weighted by Gasteiger charge is -2.25. The summed E-state index contributed by atoms with van der Waals surface area (Å²) in [5.74, 6) is 0.349. The van der Waals surface area contributed by atoms with Gasteiger partial charge in [0.2, 0.25) is 5.91 Å². The van der Waals surface area contributed by atoms with E-state index < -0.39 is 0 Å². The highest BCUT2D eigenvalue weighted by Crippen LogP contribution is 2.13. The molecule has 0 fully saturated rings. The van der Waals surface area contributed by atoms with Crippen molar-refractivity contribution >= 4 is 11.6 Å². The second kappa shape index (κ2) is 7.04. The molecule has 0 bridgehead atoms. The Morgan fingerprint density at radius 3 is 2.39 bits per heavy atom. The standard InChI is InChI=1S/C15H24N2O/c1-4-10-17(15(18)12(3)5-2)11-13-6-8-14(16)9-7-13/h6-9,12H,4-5,10-11,16H2,1-3H3. The fourth-order valence-electron chi connectivity index (χ4n) is 1.87. The summed E-state index contributed by atoms with van der Waals surface area (Å²) in [6.07, 6.45) is 1.87. The summed E-state index contributed by atoms with van der Waals surface area (Å²) in [7, 11) is 0. The van der Waals surface area contributed by atoms with Crippen LogP contribution in [0.2, 0.25) is 0 Å². The molecule has 100 valence electrons. The van der Waals surface area contributed by atoms with E-state index in [1.54, 1.807) is 0 Å². The molecule has 0 radical (unpaired) electrons. The molecule has 0 aliphatic rings. The predicted molar refractivity (Wildman–Crippen MR) is 76.0 cm³/mol. The van der Waals surface area contributed by atoms with Crippen molar-refractivity contribution in [1.29, 1.82) is 0 Å². The fourth-order valence-corrected chi connectivity index (χ4v) is 1.87. The number of hydrogen-bond donors (Lipinski definition) is 1. The quantitative estimate of drug-likeness (QED) is 0.786. The van der Waals surface area contributed by atoms with Gasteiger partial charge in [-0.05, 0) is 30.5 Å². The lowest BCUT2D eigenvalue weighted by Crippen LogP contribution is -2.35. The maximum atomic E-state index is 12.2. The van der Waals surface area contributed by atoms with E-state index in [0.717, 1.165) is 30.6 Å². The maximum absolute atomic E-state index is 12.2. The number of nitrogen functional groups attached to an aromatic ring is 1. The van der Waals surface area contributed by atoms with Crippen molar-refractivity contribution in [1.82, 2.24) is 4.90 Å². The van der Waals surface area contributed by atoms with Gasteiger partial charge in [0, 0.05) is 24.7 Å². The van der Waals surface area contributed by atoms with Gasteiger partial charge in [0.05, 0.1) is 0 Å². The molecule has 1 unspecified atom stereocenters. The summed E-state index contributed by atoms with van der Waals surface area (Å²) >= 11 is 0. The van der Waals surface area contributed by atoms with Gasteiger partial charge in [-0.1, -0.05) is 32.9 Å². The Hall–Kier alpha value is -1.51. The van der Waals surface area contributed by atoms with Gasteiger partial charge >= 0.3 is 0 Å². The molecule has 1 aromatic rings. The minimum atomic E-state index is 0.102. The molecule has 1 amide bonds. The largest absolute Gasteiger partial charge is 0.399 e. The van der Waals surface area contributed by atoms with Crippen LogP contribution in [0.25, 0.3) is 0 Å². The molecule has 1 aromatic carbocycles. The Bertz CT molecular complexity index is 373. The van der Waals surface area contributed by atoms with E-state index in [4.69, 9.17) is 5.73 Å². The van der Waals surface area contributed by atoms with Crippen LogP contribution in [0.1, 0.15) is 39.2 Å². The number of rotatable bonds is 6. The predicted octanol–water partition coefficient (Wildman–Crippen LogP) is 3.05. The molecule has 0 aromatic heterocycles. The molecule has 3 nitrogen and oxygen atoms in total. The fraction of sp³-hybridized carbons (Fsp3) is 0.533. The summed E-state index contributed by atoms with van der Waals surface area (Å²) in [5, 5.41) is 0. The Morgan fingerprint density at radius 1 is 1.28 bits per heavy atom. The smallest absolute Gasteiger partial charge is 0.225 e. The topological polar surface area (TPSA) is 46.3 Å². The van der Waals surface area contributed by atoms with Gasteiger partial charge in [0.1, 0.15) is 0 Å². The molecule has 0 spiro atoms. The van der Waals surface area contributed by atoms with E-state index in [0.29, 0.717) is 6.54 Å². The Balaban J connectivity index is 2.73. The Labute approximate surface area is 110 Å². The van der Waals surface area contributed by atoms with Gasteiger partial charge in [-0.15, -0.1) is 0 Å². The minimum absolute atomic E-state index is 0.102. The third-order valence-electron chi connectivity index (χ3n) is 3.19. The molecule has 0 heterocycles. The number of anilines is 1. The zero-order chi connectivity index (χ0) is 13.5. The molecule has 1 atom stereocenters. The molecule has 18 heavy (non-hydrogen) atoms. The Morgan fingerprint density at radius 2 is 1.89 bits per heavy atom.